The average Bonchev–Trinajstić information content (AvgIpc) is 3.12. The van der Waals surface area contributed by atoms with Gasteiger partial charge in [-0.15, -0.1) is 0 Å². The standard InChI is InChI=1S/C23H27N5O/c1-16-6-8-18(9-7-16)22-26-20(14-24)23(29-22)25-15-21(28(4)5)17-10-12-19(13-11-17)27(2)3/h6-13,21,25H,15H2,1-5H3. The molecule has 0 aliphatic heterocycles. The number of nitrogens with one attached hydrogen (secondary N) is 1. The van der Waals surface area contributed by atoms with Gasteiger partial charge in [-0.3, -0.25) is 0 Å². The third-order valence-corrected chi connectivity index (χ3v) is 4.91. The van der Waals surface area contributed by atoms with E-state index in [4.69, 9.17) is 4.42 Å². The van der Waals surface area contributed by atoms with Crippen LogP contribution in [0.5, 0.6) is 0 Å². The van der Waals surface area contributed by atoms with Crippen molar-refractivity contribution in [1.29, 1.82) is 5.26 Å². The van der Waals surface area contributed by atoms with E-state index in [2.05, 4.69) is 50.4 Å². The number of anilines is 2. The van der Waals surface area contributed by atoms with Gasteiger partial charge in [-0.2, -0.15) is 10.2 Å². The quantitative estimate of drug-likeness (QED) is 0.650. The van der Waals surface area contributed by atoms with Crippen molar-refractivity contribution in [3.05, 3.63) is 65.4 Å². The molecule has 1 N–H and O–H groups in total. The maximum Gasteiger partial charge on any atom is 0.232 e. The lowest BCUT2D eigenvalue weighted by molar-refractivity contribution is 0.310. The molecule has 2 aromatic carbocycles. The van der Waals surface area contributed by atoms with Crippen LogP contribution in [-0.4, -0.2) is 44.6 Å². The third-order valence-electron chi connectivity index (χ3n) is 4.91. The number of benzene rings is 2. The van der Waals surface area contributed by atoms with Crippen molar-refractivity contribution < 1.29 is 4.42 Å². The van der Waals surface area contributed by atoms with E-state index < -0.39 is 0 Å². The predicted molar refractivity (Wildman–Crippen MR) is 117 cm³/mol. The molecule has 0 bridgehead atoms. The van der Waals surface area contributed by atoms with Crippen LogP contribution in [0.1, 0.15) is 22.9 Å². The SMILES string of the molecule is Cc1ccc(-c2nc(C#N)c(NCC(c3ccc(N(C)C)cc3)N(C)C)o2)cc1. The third kappa shape index (κ3) is 4.76. The van der Waals surface area contributed by atoms with Gasteiger partial charge < -0.3 is 19.5 Å². The molecule has 0 saturated carbocycles. The Morgan fingerprint density at radius 2 is 1.69 bits per heavy atom. The van der Waals surface area contributed by atoms with E-state index in [1.165, 1.54) is 5.56 Å². The molecule has 6 heteroatoms. The van der Waals surface area contributed by atoms with Gasteiger partial charge in [-0.1, -0.05) is 29.8 Å². The number of oxazole rings is 1. The summed E-state index contributed by atoms with van der Waals surface area (Å²) in [6.45, 7) is 2.62. The molecular formula is C23H27N5O. The summed E-state index contributed by atoms with van der Waals surface area (Å²) in [5.74, 6) is 0.848. The molecule has 0 fully saturated rings. The first kappa shape index (κ1) is 20.4. The van der Waals surface area contributed by atoms with Crippen molar-refractivity contribution in [3.63, 3.8) is 0 Å². The molecule has 1 heterocycles. The van der Waals surface area contributed by atoms with E-state index in [1.807, 2.05) is 59.4 Å². The normalized spacial score (nSPS) is 11.9. The monoisotopic (exact) mass is 389 g/mol. The highest BCUT2D eigenvalue weighted by Gasteiger charge is 2.18. The van der Waals surface area contributed by atoms with Crippen molar-refractivity contribution in [2.75, 3.05) is 45.0 Å². The Labute approximate surface area is 172 Å². The molecule has 1 atom stereocenters. The fourth-order valence-electron chi connectivity index (χ4n) is 3.12. The van der Waals surface area contributed by atoms with E-state index in [1.54, 1.807) is 0 Å². The molecule has 29 heavy (non-hydrogen) atoms. The number of aromatic nitrogens is 1. The molecule has 0 amide bonds. The minimum absolute atomic E-state index is 0.116. The molecule has 3 aromatic rings. The fraction of sp³-hybridized carbons (Fsp3) is 0.304. The van der Waals surface area contributed by atoms with E-state index in [-0.39, 0.29) is 11.7 Å². The predicted octanol–water partition coefficient (Wildman–Crippen LogP) is 4.30. The summed E-state index contributed by atoms with van der Waals surface area (Å²) in [7, 11) is 8.13. The first-order chi connectivity index (χ1) is 13.9. The fourth-order valence-corrected chi connectivity index (χ4v) is 3.12. The molecular weight excluding hydrogens is 362 g/mol. The number of aryl methyl sites for hydroxylation is 1. The molecule has 3 rings (SSSR count). The summed E-state index contributed by atoms with van der Waals surface area (Å²) >= 11 is 0. The topological polar surface area (TPSA) is 68.3 Å². The molecule has 1 unspecified atom stereocenters. The second-order valence-electron chi connectivity index (χ2n) is 7.52. The van der Waals surface area contributed by atoms with Crippen LogP contribution < -0.4 is 10.2 Å². The summed E-state index contributed by atoms with van der Waals surface area (Å²) in [6.07, 6.45) is 0. The maximum atomic E-state index is 9.47. The summed E-state index contributed by atoms with van der Waals surface area (Å²) in [5.41, 5.74) is 4.62. The molecule has 0 spiro atoms. The highest BCUT2D eigenvalue weighted by molar-refractivity contribution is 5.59. The minimum atomic E-state index is 0.116. The second-order valence-corrected chi connectivity index (χ2v) is 7.52. The van der Waals surface area contributed by atoms with Crippen LogP contribution in [-0.2, 0) is 0 Å². The van der Waals surface area contributed by atoms with Crippen molar-refractivity contribution in [1.82, 2.24) is 9.88 Å². The number of hydrogen-bond donors (Lipinski definition) is 1. The summed E-state index contributed by atoms with van der Waals surface area (Å²) in [4.78, 5) is 8.56. The van der Waals surface area contributed by atoms with Gasteiger partial charge in [0.1, 0.15) is 6.07 Å². The number of nitrogens with zero attached hydrogens (tertiary/aromatic N) is 4. The van der Waals surface area contributed by atoms with E-state index in [0.29, 0.717) is 18.3 Å². The number of likely N-dealkylation sites (N-methyl/N-ethyl adjacent to an activating group) is 1. The molecule has 6 nitrogen and oxygen atoms in total. The van der Waals surface area contributed by atoms with Crippen molar-refractivity contribution in [2.24, 2.45) is 0 Å². The van der Waals surface area contributed by atoms with Gasteiger partial charge in [0.05, 0.1) is 6.04 Å². The molecule has 1 aromatic heterocycles. The summed E-state index contributed by atoms with van der Waals surface area (Å²) < 4.78 is 5.88. The zero-order valence-corrected chi connectivity index (χ0v) is 17.6. The highest BCUT2D eigenvalue weighted by Crippen LogP contribution is 2.27. The number of hydrogen-bond acceptors (Lipinski definition) is 6. The molecule has 0 aliphatic carbocycles. The Kier molecular flexibility index (Phi) is 6.20. The molecule has 0 aliphatic rings. The smallest absolute Gasteiger partial charge is 0.232 e. The average molecular weight is 390 g/mol. The van der Waals surface area contributed by atoms with E-state index in [9.17, 15) is 5.26 Å². The van der Waals surface area contributed by atoms with Crippen LogP contribution in [0, 0.1) is 18.3 Å². The lowest BCUT2D eigenvalue weighted by atomic mass is 10.1. The van der Waals surface area contributed by atoms with Crippen LogP contribution >= 0.6 is 0 Å². The molecule has 150 valence electrons. The molecule has 0 radical (unpaired) electrons. The Morgan fingerprint density at radius 3 is 2.24 bits per heavy atom. The van der Waals surface area contributed by atoms with Crippen molar-refractivity contribution in [2.45, 2.75) is 13.0 Å². The van der Waals surface area contributed by atoms with Gasteiger partial charge in [0.25, 0.3) is 0 Å². The van der Waals surface area contributed by atoms with Gasteiger partial charge in [0.15, 0.2) is 0 Å². The largest absolute Gasteiger partial charge is 0.419 e. The van der Waals surface area contributed by atoms with Gasteiger partial charge in [0.2, 0.25) is 17.5 Å². The van der Waals surface area contributed by atoms with Crippen LogP contribution in [0.4, 0.5) is 11.6 Å². The van der Waals surface area contributed by atoms with Crippen molar-refractivity contribution in [3.8, 4) is 17.5 Å². The van der Waals surface area contributed by atoms with Gasteiger partial charge in [-0.05, 0) is 50.8 Å². The Hall–Kier alpha value is -3.30. The van der Waals surface area contributed by atoms with E-state index in [0.717, 1.165) is 16.8 Å². The second kappa shape index (κ2) is 8.80. The van der Waals surface area contributed by atoms with Crippen LogP contribution in [0.3, 0.4) is 0 Å². The maximum absolute atomic E-state index is 9.47. The lowest BCUT2D eigenvalue weighted by Crippen LogP contribution is -2.27. The number of rotatable bonds is 7. The van der Waals surface area contributed by atoms with E-state index >= 15 is 0 Å². The summed E-state index contributed by atoms with van der Waals surface area (Å²) in [6, 6.07) is 18.6. The van der Waals surface area contributed by atoms with Crippen molar-refractivity contribution >= 4 is 11.6 Å². The Bertz CT molecular complexity index is 982. The lowest BCUT2D eigenvalue weighted by Gasteiger charge is -2.25. The zero-order valence-electron chi connectivity index (χ0n) is 17.6. The Balaban J connectivity index is 1.79. The van der Waals surface area contributed by atoms with Gasteiger partial charge in [-0.25, -0.2) is 0 Å². The summed E-state index contributed by atoms with van der Waals surface area (Å²) in [5, 5.41) is 12.7. The first-order valence-electron chi connectivity index (χ1n) is 9.54. The van der Waals surface area contributed by atoms with Crippen LogP contribution in [0.2, 0.25) is 0 Å². The van der Waals surface area contributed by atoms with Crippen LogP contribution in [0.25, 0.3) is 11.5 Å². The van der Waals surface area contributed by atoms with Gasteiger partial charge in [0, 0.05) is 31.9 Å². The van der Waals surface area contributed by atoms with Gasteiger partial charge >= 0.3 is 0 Å². The minimum Gasteiger partial charge on any atom is -0.419 e. The van der Waals surface area contributed by atoms with Crippen LogP contribution in [0.15, 0.2) is 52.9 Å². The highest BCUT2D eigenvalue weighted by atomic mass is 16.4. The first-order valence-corrected chi connectivity index (χ1v) is 9.54. The Morgan fingerprint density at radius 1 is 1.03 bits per heavy atom. The molecule has 0 saturated heterocycles. The zero-order chi connectivity index (χ0) is 21.0. The number of nitriles is 1.